The molecule has 4 rings (SSSR count). The van der Waals surface area contributed by atoms with Gasteiger partial charge in [0.25, 0.3) is 0 Å². The first kappa shape index (κ1) is 25.7. The predicted octanol–water partition coefficient (Wildman–Crippen LogP) is 7.50. The van der Waals surface area contributed by atoms with Gasteiger partial charge in [0.2, 0.25) is 0 Å². The number of ether oxygens (including phenoxy) is 1. The Morgan fingerprint density at radius 2 is 1.79 bits per heavy atom. The fraction of sp³-hybridized carbons (Fsp3) is 0.621. The van der Waals surface area contributed by atoms with E-state index in [-0.39, 0.29) is 12.0 Å². The molecule has 34 heavy (non-hydrogen) atoms. The summed E-state index contributed by atoms with van der Waals surface area (Å²) in [5, 5.41) is 12.1. The summed E-state index contributed by atoms with van der Waals surface area (Å²) in [5.74, 6) is 0.929. The zero-order valence-electron chi connectivity index (χ0n) is 21.1. The molecule has 0 aromatic heterocycles. The Balaban J connectivity index is 1.60. The lowest BCUT2D eigenvalue weighted by atomic mass is 9.72. The number of hydrogen-bond donors (Lipinski definition) is 1. The number of likely N-dealkylation sites (tertiary alicyclic amines) is 1. The predicted molar refractivity (Wildman–Crippen MR) is 147 cm³/mol. The molecule has 1 aliphatic heterocycles. The molecule has 5 heteroatoms. The van der Waals surface area contributed by atoms with Crippen LogP contribution in [0.5, 0.6) is 5.75 Å². The Hall–Kier alpha value is -1.34. The van der Waals surface area contributed by atoms with Crippen molar-refractivity contribution < 1.29 is 14.6 Å². The van der Waals surface area contributed by atoms with Crippen molar-refractivity contribution in [3.63, 3.8) is 0 Å². The summed E-state index contributed by atoms with van der Waals surface area (Å²) in [5.41, 5.74) is 1.63. The van der Waals surface area contributed by atoms with Crippen LogP contribution in [0.4, 0.5) is 0 Å². The van der Waals surface area contributed by atoms with E-state index in [0.29, 0.717) is 11.5 Å². The summed E-state index contributed by atoms with van der Waals surface area (Å²) in [7, 11) is 0. The van der Waals surface area contributed by atoms with Crippen LogP contribution >= 0.6 is 22.6 Å². The molecule has 0 radical (unpaired) electrons. The van der Waals surface area contributed by atoms with Gasteiger partial charge in [-0.25, -0.2) is 0 Å². The molecule has 1 N–H and O–H groups in total. The van der Waals surface area contributed by atoms with Crippen molar-refractivity contribution in [1.29, 1.82) is 0 Å². The molecular formula is C29H40INO3. The minimum Gasteiger partial charge on any atom is -0.490 e. The Bertz CT molecular complexity index is 1010. The summed E-state index contributed by atoms with van der Waals surface area (Å²) in [4.78, 5) is 14.1. The van der Waals surface area contributed by atoms with Gasteiger partial charge in [-0.1, -0.05) is 52.0 Å². The largest absolute Gasteiger partial charge is 0.490 e. The number of carboxylic acid groups (broad SMARTS) is 1. The standard InChI is InChI=1S/C29H40INO3/c1-5-21-16-19(28(32)33)14-15-31(21)18-25-23-8-6-7-9-24(23)26(30)17-27(25)34-22-12-10-20(11-13-22)29(2,3)4/h6-9,17,19-22H,5,10-16,18H2,1-4H3,(H,32,33). The summed E-state index contributed by atoms with van der Waals surface area (Å²) in [6, 6.07) is 11.2. The van der Waals surface area contributed by atoms with Crippen molar-refractivity contribution in [2.75, 3.05) is 6.54 Å². The Morgan fingerprint density at radius 3 is 2.41 bits per heavy atom. The van der Waals surface area contributed by atoms with E-state index < -0.39 is 5.97 Å². The van der Waals surface area contributed by atoms with Crippen molar-refractivity contribution in [3.8, 4) is 5.75 Å². The highest BCUT2D eigenvalue weighted by molar-refractivity contribution is 14.1. The van der Waals surface area contributed by atoms with E-state index in [1.165, 1.54) is 32.7 Å². The van der Waals surface area contributed by atoms with E-state index in [4.69, 9.17) is 4.74 Å². The van der Waals surface area contributed by atoms with Crippen LogP contribution in [-0.4, -0.2) is 34.7 Å². The van der Waals surface area contributed by atoms with E-state index in [1.807, 2.05) is 0 Å². The SMILES string of the molecule is CCC1CC(C(=O)O)CCN1Cc1c(OC2CCC(C(C)(C)C)CC2)cc(I)c2ccccc12. The van der Waals surface area contributed by atoms with Crippen LogP contribution in [0.2, 0.25) is 0 Å². The Kier molecular flexibility index (Phi) is 8.13. The van der Waals surface area contributed by atoms with Gasteiger partial charge in [0, 0.05) is 21.7 Å². The molecule has 1 aliphatic carbocycles. The van der Waals surface area contributed by atoms with Crippen LogP contribution in [0, 0.1) is 20.8 Å². The third-order valence-electron chi connectivity index (χ3n) is 8.28. The maximum atomic E-state index is 11.6. The highest BCUT2D eigenvalue weighted by atomic mass is 127. The van der Waals surface area contributed by atoms with Crippen molar-refractivity contribution >= 4 is 39.3 Å². The van der Waals surface area contributed by atoms with Crippen LogP contribution < -0.4 is 4.74 Å². The second-order valence-corrected chi connectivity index (χ2v) is 12.6. The quantitative estimate of drug-likeness (QED) is 0.361. The van der Waals surface area contributed by atoms with Gasteiger partial charge >= 0.3 is 5.97 Å². The fourth-order valence-electron chi connectivity index (χ4n) is 6.02. The van der Waals surface area contributed by atoms with Gasteiger partial charge in [0.05, 0.1) is 12.0 Å². The van der Waals surface area contributed by atoms with E-state index in [1.54, 1.807) is 0 Å². The molecule has 0 spiro atoms. The molecule has 2 aliphatic rings. The number of carboxylic acids is 1. The van der Waals surface area contributed by atoms with Crippen molar-refractivity contribution in [2.45, 2.75) is 91.3 Å². The number of rotatable bonds is 6. The van der Waals surface area contributed by atoms with Crippen molar-refractivity contribution in [3.05, 3.63) is 39.5 Å². The van der Waals surface area contributed by atoms with E-state index in [9.17, 15) is 9.90 Å². The second kappa shape index (κ2) is 10.7. The molecule has 4 nitrogen and oxygen atoms in total. The van der Waals surface area contributed by atoms with Gasteiger partial charge < -0.3 is 9.84 Å². The molecule has 1 saturated heterocycles. The number of hydrogen-bond acceptors (Lipinski definition) is 3. The highest BCUT2D eigenvalue weighted by Crippen LogP contribution is 2.41. The molecule has 0 bridgehead atoms. The van der Waals surface area contributed by atoms with Gasteiger partial charge in [-0.15, -0.1) is 0 Å². The molecule has 2 atom stereocenters. The van der Waals surface area contributed by atoms with Gasteiger partial charge in [0.1, 0.15) is 5.75 Å². The Labute approximate surface area is 218 Å². The second-order valence-electron chi connectivity index (χ2n) is 11.4. The van der Waals surface area contributed by atoms with Gasteiger partial charge in [-0.2, -0.15) is 0 Å². The molecule has 2 aromatic carbocycles. The average Bonchev–Trinajstić information content (AvgIpc) is 2.81. The minimum atomic E-state index is -0.646. The maximum Gasteiger partial charge on any atom is 0.306 e. The molecule has 0 amide bonds. The number of halogens is 1. The third kappa shape index (κ3) is 5.72. The van der Waals surface area contributed by atoms with Crippen LogP contribution in [0.25, 0.3) is 10.8 Å². The smallest absolute Gasteiger partial charge is 0.306 e. The number of nitrogens with zero attached hydrogens (tertiary/aromatic N) is 1. The summed E-state index contributed by atoms with van der Waals surface area (Å²) in [6.45, 7) is 10.9. The fourth-order valence-corrected chi connectivity index (χ4v) is 6.77. The number of piperidine rings is 1. The van der Waals surface area contributed by atoms with E-state index in [2.05, 4.69) is 85.5 Å². The molecule has 186 valence electrons. The molecular weight excluding hydrogens is 537 g/mol. The molecule has 2 unspecified atom stereocenters. The summed E-state index contributed by atoms with van der Waals surface area (Å²) >= 11 is 2.44. The van der Waals surface area contributed by atoms with Crippen LogP contribution in [0.1, 0.15) is 78.2 Å². The topological polar surface area (TPSA) is 49.8 Å². The normalized spacial score (nSPS) is 26.5. The lowest BCUT2D eigenvalue weighted by molar-refractivity contribution is -0.144. The lowest BCUT2D eigenvalue weighted by Gasteiger charge is -2.39. The van der Waals surface area contributed by atoms with Crippen LogP contribution in [0.3, 0.4) is 0 Å². The molecule has 1 saturated carbocycles. The van der Waals surface area contributed by atoms with E-state index >= 15 is 0 Å². The monoisotopic (exact) mass is 577 g/mol. The molecule has 2 aromatic rings. The molecule has 2 fully saturated rings. The summed E-state index contributed by atoms with van der Waals surface area (Å²) in [6.07, 6.45) is 7.40. The van der Waals surface area contributed by atoms with Crippen LogP contribution in [-0.2, 0) is 11.3 Å². The highest BCUT2D eigenvalue weighted by Gasteiger charge is 2.33. The first-order valence-electron chi connectivity index (χ1n) is 13.0. The van der Waals surface area contributed by atoms with Crippen LogP contribution in [0.15, 0.2) is 30.3 Å². The average molecular weight is 578 g/mol. The zero-order valence-corrected chi connectivity index (χ0v) is 23.3. The van der Waals surface area contributed by atoms with Crippen molar-refractivity contribution in [1.82, 2.24) is 4.90 Å². The summed E-state index contributed by atoms with van der Waals surface area (Å²) < 4.78 is 8.01. The third-order valence-corrected chi connectivity index (χ3v) is 9.17. The first-order valence-corrected chi connectivity index (χ1v) is 14.1. The van der Waals surface area contributed by atoms with E-state index in [0.717, 1.165) is 56.9 Å². The van der Waals surface area contributed by atoms with Gasteiger partial charge in [-0.3, -0.25) is 9.69 Å². The minimum absolute atomic E-state index is 0.219. The first-order chi connectivity index (χ1) is 16.2. The number of fused-ring (bicyclic) bond motifs is 1. The number of benzene rings is 2. The number of aliphatic carboxylic acids is 1. The zero-order chi connectivity index (χ0) is 24.5. The molecule has 1 heterocycles. The number of carbonyl (C=O) groups is 1. The van der Waals surface area contributed by atoms with Gasteiger partial charge in [0.15, 0.2) is 0 Å². The Morgan fingerprint density at radius 1 is 1.12 bits per heavy atom. The van der Waals surface area contributed by atoms with Gasteiger partial charge in [-0.05, 0) is 102 Å². The van der Waals surface area contributed by atoms with Crippen molar-refractivity contribution in [2.24, 2.45) is 17.3 Å². The lowest BCUT2D eigenvalue weighted by Crippen LogP contribution is -2.43. The maximum absolute atomic E-state index is 11.6.